The first-order chi connectivity index (χ1) is 14.0. The highest BCUT2D eigenvalue weighted by Crippen LogP contribution is 2.36. The Balaban J connectivity index is 1.44. The highest BCUT2D eigenvalue weighted by atomic mass is 35.5. The van der Waals surface area contributed by atoms with Gasteiger partial charge in [-0.15, -0.1) is 11.3 Å². The summed E-state index contributed by atoms with van der Waals surface area (Å²) in [7, 11) is -3.53. The van der Waals surface area contributed by atoms with E-state index < -0.39 is 10.0 Å². The summed E-state index contributed by atoms with van der Waals surface area (Å²) in [5.41, 5.74) is 0.823. The number of benzene rings is 2. The number of piperazine rings is 1. The van der Waals surface area contributed by atoms with Crippen LogP contribution in [-0.4, -0.2) is 49.7 Å². The van der Waals surface area contributed by atoms with Crippen LogP contribution in [0.4, 0.5) is 0 Å². The molecule has 1 amide bonds. The number of halogens is 1. The lowest BCUT2D eigenvalue weighted by Crippen LogP contribution is -2.50. The normalized spacial score (nSPS) is 16.0. The standard InChI is InChI=1S/C21H19ClN2O3S2/c22-19-17-8-4-5-9-18(17)28-20(19)21(25)23-11-13-24(14-12-23)29(26,27)15-10-16-6-2-1-3-7-16/h1-10,15H,11-14H2. The third kappa shape index (κ3) is 4.23. The summed E-state index contributed by atoms with van der Waals surface area (Å²) in [5, 5.41) is 2.56. The summed E-state index contributed by atoms with van der Waals surface area (Å²) in [6.07, 6.45) is 1.59. The number of hydrogen-bond acceptors (Lipinski definition) is 4. The van der Waals surface area contributed by atoms with Crippen molar-refractivity contribution in [2.24, 2.45) is 0 Å². The lowest BCUT2D eigenvalue weighted by molar-refractivity contribution is 0.0703. The number of thiophene rings is 1. The second kappa shape index (κ2) is 8.28. The number of hydrogen-bond donors (Lipinski definition) is 0. The summed E-state index contributed by atoms with van der Waals surface area (Å²) in [4.78, 5) is 15.1. The molecular weight excluding hydrogens is 428 g/mol. The molecule has 2 aromatic carbocycles. The fourth-order valence-electron chi connectivity index (χ4n) is 3.26. The molecule has 8 heteroatoms. The molecule has 150 valence electrons. The van der Waals surface area contributed by atoms with Crippen molar-refractivity contribution in [3.63, 3.8) is 0 Å². The molecule has 0 saturated carbocycles. The van der Waals surface area contributed by atoms with E-state index in [2.05, 4.69) is 0 Å². The highest BCUT2D eigenvalue weighted by molar-refractivity contribution is 7.92. The smallest absolute Gasteiger partial charge is 0.265 e. The Morgan fingerprint density at radius 3 is 2.31 bits per heavy atom. The van der Waals surface area contributed by atoms with E-state index in [0.717, 1.165) is 15.6 Å². The first kappa shape index (κ1) is 20.1. The van der Waals surface area contributed by atoms with E-state index in [0.29, 0.717) is 23.0 Å². The molecular formula is C21H19ClN2O3S2. The number of carbonyl (C=O) groups excluding carboxylic acids is 1. The van der Waals surface area contributed by atoms with E-state index in [-0.39, 0.29) is 19.0 Å². The Labute approximate surface area is 178 Å². The van der Waals surface area contributed by atoms with E-state index in [9.17, 15) is 13.2 Å². The minimum absolute atomic E-state index is 0.145. The molecule has 0 spiro atoms. The zero-order valence-electron chi connectivity index (χ0n) is 15.5. The van der Waals surface area contributed by atoms with Gasteiger partial charge in [-0.2, -0.15) is 4.31 Å². The quantitative estimate of drug-likeness (QED) is 0.600. The fourth-order valence-corrected chi connectivity index (χ4v) is 5.91. The summed E-state index contributed by atoms with van der Waals surface area (Å²) < 4.78 is 27.6. The minimum atomic E-state index is -3.53. The molecule has 0 atom stereocenters. The van der Waals surface area contributed by atoms with Crippen molar-refractivity contribution in [3.05, 3.63) is 75.5 Å². The van der Waals surface area contributed by atoms with Gasteiger partial charge in [-0.1, -0.05) is 60.1 Å². The molecule has 0 N–H and O–H groups in total. The third-order valence-electron chi connectivity index (χ3n) is 4.85. The van der Waals surface area contributed by atoms with Gasteiger partial charge in [0.25, 0.3) is 5.91 Å². The van der Waals surface area contributed by atoms with Crippen molar-refractivity contribution in [1.82, 2.24) is 9.21 Å². The first-order valence-electron chi connectivity index (χ1n) is 9.15. The van der Waals surface area contributed by atoms with Crippen LogP contribution in [0.25, 0.3) is 16.2 Å². The second-order valence-electron chi connectivity index (χ2n) is 6.69. The number of carbonyl (C=O) groups is 1. The van der Waals surface area contributed by atoms with Gasteiger partial charge in [-0.3, -0.25) is 4.79 Å². The largest absolute Gasteiger partial charge is 0.335 e. The predicted octanol–water partition coefficient (Wildman–Crippen LogP) is 4.31. The van der Waals surface area contributed by atoms with Crippen LogP contribution in [0, 0.1) is 0 Å². The fraction of sp³-hybridized carbons (Fsp3) is 0.190. The summed E-state index contributed by atoms with van der Waals surface area (Å²) >= 11 is 7.79. The minimum Gasteiger partial charge on any atom is -0.335 e. The summed E-state index contributed by atoms with van der Waals surface area (Å²) in [6.45, 7) is 1.19. The average Bonchev–Trinajstić information content (AvgIpc) is 3.09. The molecule has 3 aromatic rings. The molecule has 29 heavy (non-hydrogen) atoms. The van der Waals surface area contributed by atoms with Crippen LogP contribution in [0.15, 0.2) is 60.0 Å². The van der Waals surface area contributed by atoms with E-state index >= 15 is 0 Å². The van der Waals surface area contributed by atoms with E-state index in [1.807, 2.05) is 54.6 Å². The summed E-state index contributed by atoms with van der Waals surface area (Å²) in [5.74, 6) is -0.145. The molecule has 1 fully saturated rings. The van der Waals surface area contributed by atoms with Crippen LogP contribution < -0.4 is 0 Å². The lowest BCUT2D eigenvalue weighted by atomic mass is 10.2. The molecule has 0 radical (unpaired) electrons. The number of nitrogens with zero attached hydrogens (tertiary/aromatic N) is 2. The van der Waals surface area contributed by atoms with Crippen LogP contribution >= 0.6 is 22.9 Å². The zero-order valence-corrected chi connectivity index (χ0v) is 17.9. The predicted molar refractivity (Wildman–Crippen MR) is 119 cm³/mol. The number of amides is 1. The van der Waals surface area contributed by atoms with Gasteiger partial charge >= 0.3 is 0 Å². The molecule has 1 saturated heterocycles. The summed E-state index contributed by atoms with van der Waals surface area (Å²) in [6, 6.07) is 16.9. The monoisotopic (exact) mass is 446 g/mol. The Hall–Kier alpha value is -2.19. The Bertz CT molecular complexity index is 1170. The van der Waals surface area contributed by atoms with Crippen molar-refractivity contribution in [2.45, 2.75) is 0 Å². The Morgan fingerprint density at radius 1 is 0.966 bits per heavy atom. The molecule has 5 nitrogen and oxygen atoms in total. The van der Waals surface area contributed by atoms with Gasteiger partial charge in [0.05, 0.1) is 5.02 Å². The van der Waals surface area contributed by atoms with Gasteiger partial charge in [0.2, 0.25) is 10.0 Å². The van der Waals surface area contributed by atoms with Crippen molar-refractivity contribution in [2.75, 3.05) is 26.2 Å². The Morgan fingerprint density at radius 2 is 1.62 bits per heavy atom. The van der Waals surface area contributed by atoms with Crippen molar-refractivity contribution in [3.8, 4) is 0 Å². The third-order valence-corrected chi connectivity index (χ3v) is 8.08. The molecule has 1 aromatic heterocycles. The maximum atomic E-state index is 12.9. The van der Waals surface area contributed by atoms with Crippen LogP contribution in [0.3, 0.4) is 0 Å². The van der Waals surface area contributed by atoms with Gasteiger partial charge in [-0.25, -0.2) is 8.42 Å². The maximum Gasteiger partial charge on any atom is 0.265 e. The first-order valence-corrected chi connectivity index (χ1v) is 11.8. The number of fused-ring (bicyclic) bond motifs is 1. The van der Waals surface area contributed by atoms with E-state index in [1.165, 1.54) is 21.1 Å². The molecule has 0 bridgehead atoms. The topological polar surface area (TPSA) is 57.7 Å². The highest BCUT2D eigenvalue weighted by Gasteiger charge is 2.29. The molecule has 0 unspecified atom stereocenters. The molecule has 1 aliphatic heterocycles. The lowest BCUT2D eigenvalue weighted by Gasteiger charge is -2.33. The van der Waals surface area contributed by atoms with E-state index in [1.54, 1.807) is 11.0 Å². The second-order valence-corrected chi connectivity index (χ2v) is 9.94. The van der Waals surface area contributed by atoms with Gasteiger partial charge in [0.1, 0.15) is 4.88 Å². The maximum absolute atomic E-state index is 12.9. The van der Waals surface area contributed by atoms with Gasteiger partial charge in [-0.05, 0) is 17.7 Å². The zero-order chi connectivity index (χ0) is 20.4. The van der Waals surface area contributed by atoms with Gasteiger partial charge in [0.15, 0.2) is 0 Å². The molecule has 0 aliphatic carbocycles. The van der Waals surface area contributed by atoms with Gasteiger partial charge < -0.3 is 4.90 Å². The van der Waals surface area contributed by atoms with Crippen LogP contribution in [0.1, 0.15) is 15.2 Å². The van der Waals surface area contributed by atoms with Crippen LogP contribution in [-0.2, 0) is 10.0 Å². The molecule has 4 rings (SSSR count). The SMILES string of the molecule is O=C(c1sc2ccccc2c1Cl)N1CCN(S(=O)(=O)C=Cc2ccccc2)CC1. The molecule has 1 aliphatic rings. The van der Waals surface area contributed by atoms with Crippen molar-refractivity contribution < 1.29 is 13.2 Å². The van der Waals surface area contributed by atoms with Crippen LogP contribution in [0.5, 0.6) is 0 Å². The molecule has 2 heterocycles. The Kier molecular flexibility index (Phi) is 5.74. The van der Waals surface area contributed by atoms with Crippen molar-refractivity contribution in [1.29, 1.82) is 0 Å². The number of sulfonamides is 1. The van der Waals surface area contributed by atoms with Crippen molar-refractivity contribution >= 4 is 55.0 Å². The van der Waals surface area contributed by atoms with Crippen LogP contribution in [0.2, 0.25) is 5.02 Å². The average molecular weight is 447 g/mol. The number of rotatable bonds is 4. The van der Waals surface area contributed by atoms with E-state index in [4.69, 9.17) is 11.6 Å². The van der Waals surface area contributed by atoms with Gasteiger partial charge in [0, 0.05) is 41.7 Å².